The normalized spacial score (nSPS) is 18.7. The Kier molecular flexibility index (Phi) is 12.4. The third-order valence-electron chi connectivity index (χ3n) is 6.79. The van der Waals surface area contributed by atoms with Crippen LogP contribution in [0, 0.1) is 5.92 Å². The fourth-order valence-electron chi connectivity index (χ4n) is 4.29. The first-order valence-corrected chi connectivity index (χ1v) is 16.2. The van der Waals surface area contributed by atoms with E-state index in [-0.39, 0.29) is 17.6 Å². The molecule has 9 heteroatoms. The molecule has 2 aromatic rings. The van der Waals surface area contributed by atoms with Crippen molar-refractivity contribution >= 4 is 39.2 Å². The number of epoxide rings is 1. The van der Waals surface area contributed by atoms with Crippen LogP contribution < -0.4 is 16.0 Å². The Labute approximate surface area is 240 Å². The summed E-state index contributed by atoms with van der Waals surface area (Å²) < 4.78 is 5.40. The molecule has 0 unspecified atom stereocenters. The van der Waals surface area contributed by atoms with Crippen LogP contribution in [-0.2, 0) is 32.0 Å². The SMILES string of the molecule is CSSCN[C@@H](Cc1ccccc1)C(=O)N[C@@H](Cc1ccccc1)C(=O)N[C@@H](CCC(C)C)C(=O)[C@@]1(C)CO1. The van der Waals surface area contributed by atoms with Gasteiger partial charge in [0.15, 0.2) is 5.78 Å². The van der Waals surface area contributed by atoms with Crippen LogP contribution in [0.2, 0.25) is 0 Å². The maximum Gasteiger partial charge on any atom is 0.243 e. The summed E-state index contributed by atoms with van der Waals surface area (Å²) in [5, 5.41) is 9.30. The number of rotatable bonds is 17. The van der Waals surface area contributed by atoms with Crippen molar-refractivity contribution in [3.8, 4) is 0 Å². The molecule has 1 fully saturated rings. The predicted octanol–water partition coefficient (Wildman–Crippen LogP) is 4.16. The van der Waals surface area contributed by atoms with Crippen LogP contribution >= 0.6 is 21.6 Å². The highest BCUT2D eigenvalue weighted by molar-refractivity contribution is 8.76. The summed E-state index contributed by atoms with van der Waals surface area (Å²) in [7, 11) is 3.24. The Balaban J connectivity index is 1.78. The van der Waals surface area contributed by atoms with Gasteiger partial charge in [-0.15, -0.1) is 0 Å². The second kappa shape index (κ2) is 15.5. The standard InChI is InChI=1S/C30H41N3O4S2/c1-21(2)15-16-24(27(34)30(3)19-37-30)32-29(36)26(18-23-13-9-6-10-14-23)33-28(35)25(31-20-39-38-4)17-22-11-7-5-8-12-22/h5-14,21,24-26,31H,15-20H2,1-4H3,(H,32,36)(H,33,35)/t24-,25-,26-,30+/m0/s1. The zero-order valence-corrected chi connectivity index (χ0v) is 24.9. The first-order chi connectivity index (χ1) is 18.7. The summed E-state index contributed by atoms with van der Waals surface area (Å²) in [6, 6.07) is 17.4. The van der Waals surface area contributed by atoms with Gasteiger partial charge in [0.2, 0.25) is 11.8 Å². The molecule has 1 heterocycles. The van der Waals surface area contributed by atoms with E-state index < -0.39 is 23.7 Å². The summed E-state index contributed by atoms with van der Waals surface area (Å²) in [5.74, 6) is 0.244. The van der Waals surface area contributed by atoms with E-state index in [0.717, 1.165) is 17.5 Å². The van der Waals surface area contributed by atoms with Gasteiger partial charge < -0.3 is 15.4 Å². The molecule has 0 aromatic heterocycles. The number of hydrogen-bond donors (Lipinski definition) is 3. The molecule has 1 aliphatic heterocycles. The highest BCUT2D eigenvalue weighted by Gasteiger charge is 2.50. The molecule has 2 amide bonds. The number of amides is 2. The van der Waals surface area contributed by atoms with E-state index in [4.69, 9.17) is 4.74 Å². The van der Waals surface area contributed by atoms with E-state index in [1.54, 1.807) is 28.5 Å². The molecule has 0 bridgehead atoms. The molecule has 0 saturated carbocycles. The zero-order valence-electron chi connectivity index (χ0n) is 23.3. The fourth-order valence-corrected chi connectivity index (χ4v) is 5.24. The quantitative estimate of drug-likeness (QED) is 0.113. The van der Waals surface area contributed by atoms with Gasteiger partial charge in [0.25, 0.3) is 0 Å². The third-order valence-corrected chi connectivity index (χ3v) is 8.37. The van der Waals surface area contributed by atoms with Gasteiger partial charge in [-0.3, -0.25) is 19.7 Å². The van der Waals surface area contributed by atoms with Gasteiger partial charge in [0.1, 0.15) is 11.6 Å². The summed E-state index contributed by atoms with van der Waals surface area (Å²) in [5.41, 5.74) is 1.11. The smallest absolute Gasteiger partial charge is 0.243 e. The molecule has 0 radical (unpaired) electrons. The number of benzene rings is 2. The average Bonchev–Trinajstić information content (AvgIpc) is 3.69. The van der Waals surface area contributed by atoms with Crippen molar-refractivity contribution in [2.45, 2.75) is 70.2 Å². The highest BCUT2D eigenvalue weighted by atomic mass is 33.1. The van der Waals surface area contributed by atoms with Crippen molar-refractivity contribution in [1.82, 2.24) is 16.0 Å². The lowest BCUT2D eigenvalue weighted by Gasteiger charge is -2.26. The first kappa shape index (κ1) is 31.2. The van der Waals surface area contributed by atoms with E-state index in [1.807, 2.05) is 66.9 Å². The minimum atomic E-state index is -0.841. The van der Waals surface area contributed by atoms with E-state index in [2.05, 4.69) is 29.8 Å². The number of hydrogen-bond acceptors (Lipinski definition) is 7. The van der Waals surface area contributed by atoms with Crippen molar-refractivity contribution in [3.05, 3.63) is 71.8 Å². The largest absolute Gasteiger partial charge is 0.361 e. The number of carbonyl (C=O) groups is 3. The van der Waals surface area contributed by atoms with E-state index in [0.29, 0.717) is 37.7 Å². The molecule has 0 aliphatic carbocycles. The lowest BCUT2D eigenvalue weighted by atomic mass is 9.93. The van der Waals surface area contributed by atoms with E-state index in [9.17, 15) is 14.4 Å². The molecule has 1 saturated heterocycles. The molecule has 3 N–H and O–H groups in total. The molecule has 212 valence electrons. The van der Waals surface area contributed by atoms with E-state index in [1.165, 1.54) is 0 Å². The number of carbonyl (C=O) groups excluding carboxylic acids is 3. The fraction of sp³-hybridized carbons (Fsp3) is 0.500. The number of ketones is 1. The summed E-state index contributed by atoms with van der Waals surface area (Å²) in [4.78, 5) is 40.5. The summed E-state index contributed by atoms with van der Waals surface area (Å²) in [6.45, 7) is 6.31. The Bertz CT molecular complexity index is 1060. The minimum absolute atomic E-state index is 0.112. The second-order valence-electron chi connectivity index (χ2n) is 10.5. The summed E-state index contributed by atoms with van der Waals surface area (Å²) in [6.07, 6.45) is 4.11. The molecular weight excluding hydrogens is 530 g/mol. The van der Waals surface area contributed by atoms with Crippen molar-refractivity contribution in [2.75, 3.05) is 18.7 Å². The topological polar surface area (TPSA) is 99.8 Å². The van der Waals surface area contributed by atoms with Gasteiger partial charge in [0.05, 0.1) is 24.6 Å². The van der Waals surface area contributed by atoms with Gasteiger partial charge in [0, 0.05) is 6.42 Å². The predicted molar refractivity (Wildman–Crippen MR) is 160 cm³/mol. The van der Waals surface area contributed by atoms with Gasteiger partial charge in [-0.2, -0.15) is 0 Å². The van der Waals surface area contributed by atoms with Gasteiger partial charge in [-0.25, -0.2) is 0 Å². The second-order valence-corrected chi connectivity index (χ2v) is 13.1. The van der Waals surface area contributed by atoms with Crippen LogP contribution in [0.15, 0.2) is 60.7 Å². The highest BCUT2D eigenvalue weighted by Crippen LogP contribution is 2.29. The lowest BCUT2D eigenvalue weighted by molar-refractivity contribution is -0.133. The Morgan fingerprint density at radius 3 is 1.87 bits per heavy atom. The minimum Gasteiger partial charge on any atom is -0.361 e. The molecule has 3 rings (SSSR count). The molecule has 1 aliphatic rings. The molecular formula is C30H41N3O4S2. The maximum atomic E-state index is 13.7. The Morgan fingerprint density at radius 1 is 0.846 bits per heavy atom. The third kappa shape index (κ3) is 10.3. The molecule has 0 spiro atoms. The van der Waals surface area contributed by atoms with Crippen LogP contribution in [0.5, 0.6) is 0 Å². The molecule has 39 heavy (non-hydrogen) atoms. The van der Waals surface area contributed by atoms with Gasteiger partial charge in [-0.1, -0.05) is 96.1 Å². The van der Waals surface area contributed by atoms with Gasteiger partial charge in [-0.05, 0) is 49.5 Å². The lowest BCUT2D eigenvalue weighted by Crippen LogP contribution is -2.57. The summed E-state index contributed by atoms with van der Waals surface area (Å²) >= 11 is 0. The zero-order chi connectivity index (χ0) is 28.3. The van der Waals surface area contributed by atoms with Crippen LogP contribution in [0.3, 0.4) is 0 Å². The average molecular weight is 572 g/mol. The molecule has 7 nitrogen and oxygen atoms in total. The number of nitrogens with one attached hydrogen (secondary N) is 3. The van der Waals surface area contributed by atoms with Crippen molar-refractivity contribution in [2.24, 2.45) is 5.92 Å². The number of Topliss-reactive ketones (excluding diaryl/α,β-unsaturated/α-hetero) is 1. The van der Waals surface area contributed by atoms with Crippen LogP contribution in [0.25, 0.3) is 0 Å². The van der Waals surface area contributed by atoms with Crippen molar-refractivity contribution in [3.63, 3.8) is 0 Å². The van der Waals surface area contributed by atoms with Crippen LogP contribution in [0.1, 0.15) is 44.7 Å². The number of ether oxygens (including phenoxy) is 1. The monoisotopic (exact) mass is 571 g/mol. The van der Waals surface area contributed by atoms with Crippen molar-refractivity contribution < 1.29 is 19.1 Å². The van der Waals surface area contributed by atoms with E-state index >= 15 is 0 Å². The van der Waals surface area contributed by atoms with Crippen LogP contribution in [0.4, 0.5) is 0 Å². The Hall–Kier alpha value is -2.33. The van der Waals surface area contributed by atoms with Crippen molar-refractivity contribution in [1.29, 1.82) is 0 Å². The van der Waals surface area contributed by atoms with Gasteiger partial charge >= 0.3 is 0 Å². The Morgan fingerprint density at radius 2 is 1.36 bits per heavy atom. The molecule has 4 atom stereocenters. The van der Waals surface area contributed by atoms with Crippen LogP contribution in [-0.4, -0.2) is 60.1 Å². The molecule has 2 aromatic carbocycles. The maximum absolute atomic E-state index is 13.7. The first-order valence-electron chi connectivity index (χ1n) is 13.5.